The van der Waals surface area contributed by atoms with Crippen molar-refractivity contribution in [3.63, 3.8) is 0 Å². The van der Waals surface area contributed by atoms with E-state index in [0.29, 0.717) is 19.4 Å². The quantitative estimate of drug-likeness (QED) is 0.509. The molecular formula is C23H27NO4. The average molecular weight is 381 g/mol. The fourth-order valence-electron chi connectivity index (χ4n) is 3.40. The molecule has 0 spiro atoms. The lowest BCUT2D eigenvalue weighted by Crippen LogP contribution is -2.36. The number of carboxylic acids is 1. The summed E-state index contributed by atoms with van der Waals surface area (Å²) in [6, 6.07) is 14.2. The van der Waals surface area contributed by atoms with Gasteiger partial charge in [0.2, 0.25) is 0 Å². The van der Waals surface area contributed by atoms with Gasteiger partial charge in [-0.3, -0.25) is 9.78 Å². The maximum absolute atomic E-state index is 10.6. The Labute approximate surface area is 166 Å². The zero-order valence-corrected chi connectivity index (χ0v) is 15.9. The Kier molecular flexibility index (Phi) is 7.76. The second-order valence-corrected chi connectivity index (χ2v) is 7.05. The molecule has 0 saturated carbocycles. The van der Waals surface area contributed by atoms with E-state index in [1.54, 1.807) is 6.20 Å². The van der Waals surface area contributed by atoms with E-state index in [1.807, 2.05) is 36.5 Å². The van der Waals surface area contributed by atoms with Crippen molar-refractivity contribution in [2.45, 2.75) is 44.5 Å². The molecule has 0 amide bonds. The van der Waals surface area contributed by atoms with Crippen LogP contribution in [0.15, 0.2) is 67.0 Å². The van der Waals surface area contributed by atoms with Crippen LogP contribution >= 0.6 is 0 Å². The van der Waals surface area contributed by atoms with E-state index in [1.165, 1.54) is 0 Å². The second-order valence-electron chi connectivity index (χ2n) is 7.05. The lowest BCUT2D eigenvalue weighted by atomic mass is 9.92. The summed E-state index contributed by atoms with van der Waals surface area (Å²) in [7, 11) is 0. The summed E-state index contributed by atoms with van der Waals surface area (Å²) in [5, 5.41) is 8.70. The highest BCUT2D eigenvalue weighted by Gasteiger charge is 2.32. The van der Waals surface area contributed by atoms with Crippen molar-refractivity contribution in [3.8, 4) is 0 Å². The predicted molar refractivity (Wildman–Crippen MR) is 107 cm³/mol. The smallest absolute Gasteiger partial charge is 0.303 e. The number of allylic oxidation sites excluding steroid dienone is 2. The van der Waals surface area contributed by atoms with Crippen LogP contribution in [0.4, 0.5) is 0 Å². The van der Waals surface area contributed by atoms with Gasteiger partial charge in [0, 0.05) is 31.2 Å². The molecule has 0 radical (unpaired) electrons. The number of benzene rings is 1. The molecule has 1 aromatic heterocycles. The van der Waals surface area contributed by atoms with Crippen LogP contribution in [0, 0.1) is 5.92 Å². The molecule has 2 heterocycles. The van der Waals surface area contributed by atoms with Crippen LogP contribution in [0.25, 0.3) is 0 Å². The molecule has 1 aliphatic heterocycles. The van der Waals surface area contributed by atoms with E-state index >= 15 is 0 Å². The minimum atomic E-state index is -0.744. The number of ether oxygens (including phenoxy) is 2. The summed E-state index contributed by atoms with van der Waals surface area (Å²) in [4.78, 5) is 14.7. The van der Waals surface area contributed by atoms with Crippen LogP contribution in [0.1, 0.15) is 42.9 Å². The molecule has 28 heavy (non-hydrogen) atoms. The molecule has 148 valence electrons. The topological polar surface area (TPSA) is 68.7 Å². The monoisotopic (exact) mass is 381 g/mol. The maximum atomic E-state index is 10.6. The average Bonchev–Trinajstić information content (AvgIpc) is 2.72. The van der Waals surface area contributed by atoms with Gasteiger partial charge in [-0.1, -0.05) is 48.6 Å². The van der Waals surface area contributed by atoms with Gasteiger partial charge >= 0.3 is 5.97 Å². The summed E-state index contributed by atoms with van der Waals surface area (Å²) >= 11 is 0. The molecule has 1 aromatic carbocycles. The molecular weight excluding hydrogens is 354 g/mol. The van der Waals surface area contributed by atoms with Crippen LogP contribution in [0.3, 0.4) is 0 Å². The van der Waals surface area contributed by atoms with Crippen molar-refractivity contribution in [2.24, 2.45) is 5.92 Å². The van der Waals surface area contributed by atoms with Crippen molar-refractivity contribution in [2.75, 3.05) is 6.61 Å². The van der Waals surface area contributed by atoms with Crippen LogP contribution in [0.5, 0.6) is 0 Å². The van der Waals surface area contributed by atoms with Gasteiger partial charge in [-0.2, -0.15) is 0 Å². The Hall–Kier alpha value is -2.50. The number of rotatable bonds is 9. The lowest BCUT2D eigenvalue weighted by molar-refractivity contribution is -0.237. The van der Waals surface area contributed by atoms with E-state index in [-0.39, 0.29) is 24.7 Å². The highest BCUT2D eigenvalue weighted by atomic mass is 16.7. The lowest BCUT2D eigenvalue weighted by Gasteiger charge is -2.36. The fourth-order valence-corrected chi connectivity index (χ4v) is 3.40. The van der Waals surface area contributed by atoms with Crippen molar-refractivity contribution in [1.82, 2.24) is 4.98 Å². The summed E-state index contributed by atoms with van der Waals surface area (Å²) in [5.74, 6) is -0.519. The van der Waals surface area contributed by atoms with Crippen LogP contribution in [-0.2, 0) is 20.7 Å². The highest BCUT2D eigenvalue weighted by molar-refractivity contribution is 5.66. The number of aliphatic carboxylic acids is 1. The molecule has 5 heteroatoms. The Morgan fingerprint density at radius 1 is 1.18 bits per heavy atom. The van der Waals surface area contributed by atoms with Gasteiger partial charge in [0.1, 0.15) is 0 Å². The van der Waals surface area contributed by atoms with Crippen LogP contribution < -0.4 is 0 Å². The number of unbranched alkanes of at least 4 members (excludes halogenated alkanes) is 1. The number of carboxylic acid groups (broad SMARTS) is 1. The molecule has 0 bridgehead atoms. The number of hydrogen-bond donors (Lipinski definition) is 1. The van der Waals surface area contributed by atoms with Gasteiger partial charge in [0.15, 0.2) is 6.29 Å². The summed E-state index contributed by atoms with van der Waals surface area (Å²) in [6.07, 6.45) is 10.6. The Bertz CT molecular complexity index is 748. The number of hydrogen-bond acceptors (Lipinski definition) is 4. The normalized spacial score (nSPS) is 22.4. The third-order valence-corrected chi connectivity index (χ3v) is 4.84. The van der Waals surface area contributed by atoms with Crippen LogP contribution in [0.2, 0.25) is 0 Å². The molecule has 1 saturated heterocycles. The van der Waals surface area contributed by atoms with Crippen LogP contribution in [-0.4, -0.2) is 29.0 Å². The van der Waals surface area contributed by atoms with E-state index in [4.69, 9.17) is 14.6 Å². The molecule has 5 nitrogen and oxygen atoms in total. The highest BCUT2D eigenvalue weighted by Crippen LogP contribution is 2.35. The molecule has 2 aromatic rings. The zero-order chi connectivity index (χ0) is 19.6. The van der Waals surface area contributed by atoms with Gasteiger partial charge < -0.3 is 14.6 Å². The number of carbonyl (C=O) groups is 1. The maximum Gasteiger partial charge on any atom is 0.303 e. The number of aromatic nitrogens is 1. The standard InChI is InChI=1S/C23H27NO4/c25-21(26)13-7-2-1-4-12-20-17-27-22(15-18-9-8-14-24-16-18)28-23(20)19-10-5-3-6-11-19/h1,3-6,8-11,14,16,20,22-23H,2,7,12-13,15,17H2,(H,25,26). The SMILES string of the molecule is O=C(O)CCCC=CCC1COC(Cc2cccnc2)OC1c1ccccc1. The van der Waals surface area contributed by atoms with E-state index in [0.717, 1.165) is 24.0 Å². The van der Waals surface area contributed by atoms with Crippen molar-refractivity contribution in [3.05, 3.63) is 78.1 Å². The molecule has 0 aliphatic carbocycles. The molecule has 1 aliphatic rings. The molecule has 1 N–H and O–H groups in total. The van der Waals surface area contributed by atoms with E-state index in [9.17, 15) is 4.79 Å². The summed E-state index contributed by atoms with van der Waals surface area (Å²) < 4.78 is 12.3. The number of pyridine rings is 1. The first-order valence-corrected chi connectivity index (χ1v) is 9.80. The van der Waals surface area contributed by atoms with E-state index in [2.05, 4.69) is 29.3 Å². The zero-order valence-electron chi connectivity index (χ0n) is 15.9. The second kappa shape index (κ2) is 10.7. The summed E-state index contributed by atoms with van der Waals surface area (Å²) in [5.41, 5.74) is 2.25. The van der Waals surface area contributed by atoms with E-state index < -0.39 is 5.97 Å². The molecule has 1 fully saturated rings. The first-order chi connectivity index (χ1) is 13.7. The molecule has 3 unspecified atom stereocenters. The third-order valence-electron chi connectivity index (χ3n) is 4.84. The fraction of sp³-hybridized carbons (Fsp3) is 0.391. The van der Waals surface area contributed by atoms with Gasteiger partial charge in [-0.25, -0.2) is 0 Å². The van der Waals surface area contributed by atoms with Gasteiger partial charge in [-0.05, 0) is 36.5 Å². The largest absolute Gasteiger partial charge is 0.481 e. The van der Waals surface area contributed by atoms with Gasteiger partial charge in [0.05, 0.1) is 12.7 Å². The van der Waals surface area contributed by atoms with Crippen molar-refractivity contribution in [1.29, 1.82) is 0 Å². The predicted octanol–water partition coefficient (Wildman–Crippen LogP) is 4.56. The minimum absolute atomic E-state index is 0.0275. The Morgan fingerprint density at radius 2 is 2.04 bits per heavy atom. The van der Waals surface area contributed by atoms with Crippen molar-refractivity contribution < 1.29 is 19.4 Å². The Balaban J connectivity index is 1.60. The first-order valence-electron chi connectivity index (χ1n) is 9.80. The minimum Gasteiger partial charge on any atom is -0.481 e. The molecule has 3 rings (SSSR count). The first kappa shape index (κ1) is 20.2. The molecule has 3 atom stereocenters. The van der Waals surface area contributed by atoms with Crippen molar-refractivity contribution >= 4 is 5.97 Å². The number of nitrogens with zero attached hydrogens (tertiary/aromatic N) is 1. The third kappa shape index (κ3) is 6.29. The summed E-state index contributed by atoms with van der Waals surface area (Å²) in [6.45, 7) is 0.629. The van der Waals surface area contributed by atoms with Gasteiger partial charge in [-0.15, -0.1) is 0 Å². The Morgan fingerprint density at radius 3 is 2.79 bits per heavy atom. The van der Waals surface area contributed by atoms with Gasteiger partial charge in [0.25, 0.3) is 0 Å².